The second-order valence-corrected chi connectivity index (χ2v) is 5.84. The predicted molar refractivity (Wildman–Crippen MR) is 93.0 cm³/mol. The highest BCUT2D eigenvalue weighted by Crippen LogP contribution is 2.26. The summed E-state index contributed by atoms with van der Waals surface area (Å²) in [5, 5.41) is 9.23. The Kier molecular flexibility index (Phi) is 4.02. The SMILES string of the molecule is O=C(O)C1NNNC1c1ccc(-c2ccc(-c3ncc[nH]3)cc2)cc1. The first-order valence-corrected chi connectivity index (χ1v) is 7.91. The number of benzene rings is 2. The Labute approximate surface area is 144 Å². The standard InChI is InChI=1S/C18H17N5O2/c24-18(25)16-15(21-23-22-16)13-5-1-11(2-6-13)12-3-7-14(8-4-12)17-19-9-10-20-17/h1-10,15-16,21-23H,(H,19,20)(H,24,25). The molecule has 0 bridgehead atoms. The molecule has 1 aliphatic heterocycles. The maximum Gasteiger partial charge on any atom is 0.324 e. The molecule has 0 radical (unpaired) electrons. The van der Waals surface area contributed by atoms with E-state index in [9.17, 15) is 9.90 Å². The predicted octanol–water partition coefficient (Wildman–Crippen LogP) is 1.85. The van der Waals surface area contributed by atoms with Crippen molar-refractivity contribution in [3.8, 4) is 22.5 Å². The van der Waals surface area contributed by atoms with E-state index in [0.717, 1.165) is 28.1 Å². The molecule has 4 rings (SSSR count). The van der Waals surface area contributed by atoms with Gasteiger partial charge in [0.25, 0.3) is 0 Å². The van der Waals surface area contributed by atoms with E-state index in [4.69, 9.17) is 0 Å². The first-order chi connectivity index (χ1) is 12.2. The van der Waals surface area contributed by atoms with Crippen molar-refractivity contribution in [2.75, 3.05) is 0 Å². The van der Waals surface area contributed by atoms with Gasteiger partial charge in [0.15, 0.2) is 0 Å². The van der Waals surface area contributed by atoms with Crippen LogP contribution in [0.3, 0.4) is 0 Å². The van der Waals surface area contributed by atoms with Gasteiger partial charge in [-0.05, 0) is 16.7 Å². The monoisotopic (exact) mass is 335 g/mol. The molecule has 7 heteroatoms. The Balaban J connectivity index is 1.55. The summed E-state index contributed by atoms with van der Waals surface area (Å²) >= 11 is 0. The number of nitrogens with zero attached hydrogens (tertiary/aromatic N) is 1. The molecule has 2 heterocycles. The van der Waals surface area contributed by atoms with E-state index in [1.54, 1.807) is 12.4 Å². The minimum absolute atomic E-state index is 0.326. The number of aromatic nitrogens is 2. The molecular weight excluding hydrogens is 318 g/mol. The number of imidazole rings is 1. The van der Waals surface area contributed by atoms with Crippen LogP contribution < -0.4 is 16.4 Å². The van der Waals surface area contributed by atoms with Gasteiger partial charge in [-0.1, -0.05) is 48.5 Å². The Morgan fingerprint density at radius 2 is 1.56 bits per heavy atom. The minimum Gasteiger partial charge on any atom is -0.480 e. The van der Waals surface area contributed by atoms with E-state index in [1.807, 2.05) is 48.5 Å². The van der Waals surface area contributed by atoms with E-state index >= 15 is 0 Å². The van der Waals surface area contributed by atoms with Crippen LogP contribution >= 0.6 is 0 Å². The molecule has 1 saturated heterocycles. The van der Waals surface area contributed by atoms with Crippen LogP contribution in [0.4, 0.5) is 0 Å². The summed E-state index contributed by atoms with van der Waals surface area (Å²) < 4.78 is 0. The molecule has 2 atom stereocenters. The Bertz CT molecular complexity index is 859. The number of aromatic amines is 1. The number of nitrogens with one attached hydrogen (secondary N) is 4. The topological polar surface area (TPSA) is 102 Å². The lowest BCUT2D eigenvalue weighted by Crippen LogP contribution is -2.38. The lowest BCUT2D eigenvalue weighted by Gasteiger charge is -2.15. The van der Waals surface area contributed by atoms with Crippen LogP contribution in [0.1, 0.15) is 11.6 Å². The largest absolute Gasteiger partial charge is 0.480 e. The number of hydrogen-bond donors (Lipinski definition) is 5. The summed E-state index contributed by atoms with van der Waals surface area (Å²) in [5.74, 6) is -0.0611. The third kappa shape index (κ3) is 3.03. The lowest BCUT2D eigenvalue weighted by atomic mass is 9.97. The fourth-order valence-electron chi connectivity index (χ4n) is 2.97. The van der Waals surface area contributed by atoms with Gasteiger partial charge >= 0.3 is 5.97 Å². The zero-order valence-corrected chi connectivity index (χ0v) is 13.2. The number of hydrazine groups is 2. The van der Waals surface area contributed by atoms with Crippen LogP contribution in [0.15, 0.2) is 60.9 Å². The number of H-pyrrole nitrogens is 1. The molecule has 25 heavy (non-hydrogen) atoms. The third-order valence-corrected chi connectivity index (χ3v) is 4.31. The molecule has 2 aromatic carbocycles. The summed E-state index contributed by atoms with van der Waals surface area (Å²) in [6.07, 6.45) is 3.53. The summed E-state index contributed by atoms with van der Waals surface area (Å²) in [6.45, 7) is 0. The number of hydrogen-bond acceptors (Lipinski definition) is 5. The lowest BCUT2D eigenvalue weighted by molar-refractivity contribution is -0.139. The molecule has 0 spiro atoms. The van der Waals surface area contributed by atoms with Crippen molar-refractivity contribution < 1.29 is 9.90 Å². The normalized spacial score (nSPS) is 19.8. The Morgan fingerprint density at radius 3 is 2.16 bits per heavy atom. The van der Waals surface area contributed by atoms with Crippen LogP contribution in [-0.4, -0.2) is 27.1 Å². The summed E-state index contributed by atoms with van der Waals surface area (Å²) in [5.41, 5.74) is 12.4. The van der Waals surface area contributed by atoms with E-state index in [1.165, 1.54) is 0 Å². The van der Waals surface area contributed by atoms with Crippen LogP contribution in [0.5, 0.6) is 0 Å². The summed E-state index contributed by atoms with van der Waals surface area (Å²) in [4.78, 5) is 18.6. The van der Waals surface area contributed by atoms with Crippen LogP contribution in [0.2, 0.25) is 0 Å². The molecule has 7 nitrogen and oxygen atoms in total. The molecule has 1 aliphatic rings. The van der Waals surface area contributed by atoms with Crippen molar-refractivity contribution in [3.05, 3.63) is 66.5 Å². The molecule has 0 amide bonds. The van der Waals surface area contributed by atoms with Gasteiger partial charge in [0.05, 0.1) is 6.04 Å². The average molecular weight is 335 g/mol. The zero-order valence-electron chi connectivity index (χ0n) is 13.2. The van der Waals surface area contributed by atoms with Gasteiger partial charge in [0, 0.05) is 18.0 Å². The molecular formula is C18H17N5O2. The van der Waals surface area contributed by atoms with Gasteiger partial charge in [-0.15, -0.1) is 0 Å². The number of aliphatic carboxylic acids is 1. The Hall–Kier alpha value is -3.00. The highest BCUT2D eigenvalue weighted by atomic mass is 16.4. The average Bonchev–Trinajstić information content (AvgIpc) is 3.34. The van der Waals surface area contributed by atoms with Gasteiger partial charge in [-0.3, -0.25) is 4.79 Å². The Morgan fingerprint density at radius 1 is 0.920 bits per heavy atom. The van der Waals surface area contributed by atoms with Crippen molar-refractivity contribution in [1.29, 1.82) is 0 Å². The van der Waals surface area contributed by atoms with Crippen molar-refractivity contribution in [1.82, 2.24) is 26.4 Å². The van der Waals surface area contributed by atoms with E-state index in [2.05, 4.69) is 26.4 Å². The molecule has 126 valence electrons. The first-order valence-electron chi connectivity index (χ1n) is 7.91. The van der Waals surface area contributed by atoms with E-state index in [0.29, 0.717) is 0 Å². The quantitative estimate of drug-likeness (QED) is 0.499. The minimum atomic E-state index is -0.903. The van der Waals surface area contributed by atoms with Crippen LogP contribution in [-0.2, 0) is 4.79 Å². The molecule has 5 N–H and O–H groups in total. The molecule has 1 aromatic heterocycles. The molecule has 2 unspecified atom stereocenters. The maximum absolute atomic E-state index is 11.3. The smallest absolute Gasteiger partial charge is 0.324 e. The van der Waals surface area contributed by atoms with Crippen molar-refractivity contribution >= 4 is 5.97 Å². The fraction of sp³-hybridized carbons (Fsp3) is 0.111. The maximum atomic E-state index is 11.3. The second-order valence-electron chi connectivity index (χ2n) is 5.84. The molecule has 1 fully saturated rings. The van der Waals surface area contributed by atoms with Crippen molar-refractivity contribution in [2.45, 2.75) is 12.1 Å². The summed E-state index contributed by atoms with van der Waals surface area (Å²) in [6, 6.07) is 15.0. The molecule has 3 aromatic rings. The summed E-state index contributed by atoms with van der Waals surface area (Å²) in [7, 11) is 0. The van der Waals surface area contributed by atoms with Gasteiger partial charge in [-0.2, -0.15) is 5.53 Å². The van der Waals surface area contributed by atoms with Gasteiger partial charge in [-0.25, -0.2) is 15.8 Å². The van der Waals surface area contributed by atoms with Gasteiger partial charge in [0.2, 0.25) is 0 Å². The number of carboxylic acids is 1. The number of carboxylic acid groups (broad SMARTS) is 1. The van der Waals surface area contributed by atoms with Gasteiger partial charge in [0.1, 0.15) is 11.9 Å². The van der Waals surface area contributed by atoms with Gasteiger partial charge < -0.3 is 10.1 Å². The zero-order chi connectivity index (χ0) is 17.2. The van der Waals surface area contributed by atoms with E-state index < -0.39 is 12.0 Å². The number of carbonyl (C=O) groups is 1. The van der Waals surface area contributed by atoms with E-state index in [-0.39, 0.29) is 6.04 Å². The van der Waals surface area contributed by atoms with Crippen LogP contribution in [0.25, 0.3) is 22.5 Å². The highest BCUT2D eigenvalue weighted by molar-refractivity contribution is 5.75. The first kappa shape index (κ1) is 15.5. The molecule has 0 saturated carbocycles. The number of rotatable bonds is 4. The second kappa shape index (κ2) is 6.48. The van der Waals surface area contributed by atoms with Crippen molar-refractivity contribution in [3.63, 3.8) is 0 Å². The van der Waals surface area contributed by atoms with Crippen molar-refractivity contribution in [2.24, 2.45) is 0 Å². The molecule has 0 aliphatic carbocycles. The van der Waals surface area contributed by atoms with Crippen LogP contribution in [0, 0.1) is 0 Å². The third-order valence-electron chi connectivity index (χ3n) is 4.31. The highest BCUT2D eigenvalue weighted by Gasteiger charge is 2.33. The fourth-order valence-corrected chi connectivity index (χ4v) is 2.97.